The number of thioether (sulfide) groups is 1. The highest BCUT2D eigenvalue weighted by Gasteiger charge is 2.27. The minimum absolute atomic E-state index is 0.0823. The van der Waals surface area contributed by atoms with Crippen LogP contribution >= 0.6 is 11.8 Å². The molecule has 0 bridgehead atoms. The maximum atomic E-state index is 13.4. The predicted molar refractivity (Wildman–Crippen MR) is 157 cm³/mol. The molecule has 2 aromatic rings. The summed E-state index contributed by atoms with van der Waals surface area (Å²) in [5, 5.41) is 9.15. The standard InChI is InChI=1S/C27H34BN3OS.C3H8/c1-2-3-4-5-6-18-33-25-10-11-26-22(20-25)12-15-31(26)27(32)23-8-7-9-24(19-23)30-16-13-28(21-29)14-17-30;1-3-2/h7-11,19-20H,2-6,12-18H2,1H3;3H2,1-2H3. The molecule has 192 valence electrons. The first-order valence-electron chi connectivity index (χ1n) is 13.9. The molecule has 36 heavy (non-hydrogen) atoms. The monoisotopic (exact) mass is 503 g/mol. The van der Waals surface area contributed by atoms with Crippen LogP contribution in [0.1, 0.15) is 75.2 Å². The topological polar surface area (TPSA) is 47.3 Å². The predicted octanol–water partition coefficient (Wildman–Crippen LogP) is 7.75. The van der Waals surface area contributed by atoms with Crippen molar-refractivity contribution in [3.63, 3.8) is 0 Å². The van der Waals surface area contributed by atoms with E-state index in [0.29, 0.717) is 0 Å². The fourth-order valence-corrected chi connectivity index (χ4v) is 5.81. The van der Waals surface area contributed by atoms with Crippen LogP contribution in [0.2, 0.25) is 12.6 Å². The normalized spacial score (nSPS) is 14.7. The summed E-state index contributed by atoms with van der Waals surface area (Å²) in [5.74, 6) is 3.64. The van der Waals surface area contributed by atoms with Crippen LogP contribution in [0.3, 0.4) is 0 Å². The van der Waals surface area contributed by atoms with Crippen molar-refractivity contribution in [2.24, 2.45) is 0 Å². The van der Waals surface area contributed by atoms with E-state index in [1.54, 1.807) is 0 Å². The first-order chi connectivity index (χ1) is 17.6. The Morgan fingerprint density at radius 3 is 2.47 bits per heavy atom. The molecule has 4 rings (SSSR count). The summed E-state index contributed by atoms with van der Waals surface area (Å²) < 4.78 is 0. The Kier molecular flexibility index (Phi) is 11.7. The van der Waals surface area contributed by atoms with Crippen LogP contribution in [0, 0.1) is 11.2 Å². The Bertz CT molecular complexity index is 1010. The minimum Gasteiger partial charge on any atom is -0.373 e. The minimum atomic E-state index is 0.0823. The Labute approximate surface area is 223 Å². The van der Waals surface area contributed by atoms with E-state index >= 15 is 0 Å². The number of anilines is 2. The Hall–Kier alpha value is -2.39. The highest BCUT2D eigenvalue weighted by Crippen LogP contribution is 2.34. The molecular weight excluding hydrogens is 461 g/mol. The number of unbranched alkanes of at least 4 members (excludes halogenated alkanes) is 4. The zero-order valence-corrected chi connectivity index (χ0v) is 23.3. The number of nitrogens with zero attached hydrogens (tertiary/aromatic N) is 3. The summed E-state index contributed by atoms with van der Waals surface area (Å²) in [5.41, 5.74) is 4.18. The molecule has 0 unspecified atom stereocenters. The van der Waals surface area contributed by atoms with Gasteiger partial charge in [0.1, 0.15) is 0 Å². The molecule has 0 aliphatic carbocycles. The van der Waals surface area contributed by atoms with Crippen LogP contribution in [0.15, 0.2) is 47.4 Å². The number of benzene rings is 2. The van der Waals surface area contributed by atoms with E-state index in [-0.39, 0.29) is 12.6 Å². The number of rotatable bonds is 9. The van der Waals surface area contributed by atoms with Gasteiger partial charge in [-0.25, -0.2) is 5.26 Å². The van der Waals surface area contributed by atoms with Crippen molar-refractivity contribution in [3.05, 3.63) is 53.6 Å². The van der Waals surface area contributed by atoms with Crippen molar-refractivity contribution >= 4 is 35.8 Å². The highest BCUT2D eigenvalue weighted by molar-refractivity contribution is 7.99. The van der Waals surface area contributed by atoms with E-state index < -0.39 is 0 Å². The molecule has 2 aliphatic rings. The largest absolute Gasteiger partial charge is 0.373 e. The van der Waals surface area contributed by atoms with E-state index in [4.69, 9.17) is 5.26 Å². The van der Waals surface area contributed by atoms with Crippen LogP contribution in [0.25, 0.3) is 0 Å². The number of carbonyl (C=O) groups excluding carboxylic acids is 1. The summed E-state index contributed by atoms with van der Waals surface area (Å²) in [6, 6.07) is 14.6. The smallest absolute Gasteiger partial charge is 0.271 e. The number of carbonyl (C=O) groups is 1. The van der Waals surface area contributed by atoms with E-state index in [0.717, 1.165) is 55.6 Å². The first kappa shape index (κ1) is 28.2. The fourth-order valence-electron chi connectivity index (χ4n) is 4.83. The zero-order chi connectivity index (χ0) is 25.8. The van der Waals surface area contributed by atoms with Crippen LogP contribution < -0.4 is 9.80 Å². The summed E-state index contributed by atoms with van der Waals surface area (Å²) >= 11 is 1.94. The van der Waals surface area contributed by atoms with Gasteiger partial charge < -0.3 is 9.80 Å². The van der Waals surface area contributed by atoms with Gasteiger partial charge in [-0.2, -0.15) is 0 Å². The number of nitriles is 1. The SMILES string of the molecule is CCC.CCCCCCCSc1ccc2c(c1)CCN2C(=O)c1cccc(N2CCB(C#N)CC2)c1. The molecule has 1 fully saturated rings. The van der Waals surface area contributed by atoms with Gasteiger partial charge in [0.05, 0.1) is 0 Å². The Morgan fingerprint density at radius 2 is 1.75 bits per heavy atom. The van der Waals surface area contributed by atoms with Crippen LogP contribution in [-0.4, -0.2) is 38.0 Å². The molecular formula is C30H42BN3OS. The Morgan fingerprint density at radius 1 is 1.00 bits per heavy atom. The van der Waals surface area contributed by atoms with Crippen molar-refractivity contribution in [2.45, 2.75) is 83.3 Å². The molecule has 0 N–H and O–H groups in total. The van der Waals surface area contributed by atoms with Crippen LogP contribution in [0.5, 0.6) is 0 Å². The molecule has 0 spiro atoms. The third-order valence-corrected chi connectivity index (χ3v) is 7.92. The third-order valence-electron chi connectivity index (χ3n) is 6.84. The van der Waals surface area contributed by atoms with Gasteiger partial charge in [-0.05, 0) is 73.2 Å². The van der Waals surface area contributed by atoms with Crippen molar-refractivity contribution in [1.82, 2.24) is 0 Å². The molecule has 2 aromatic carbocycles. The van der Waals surface area contributed by atoms with Gasteiger partial charge in [-0.1, -0.05) is 58.9 Å². The molecule has 1 amide bonds. The molecule has 6 heteroatoms. The summed E-state index contributed by atoms with van der Waals surface area (Å²) in [6.45, 7) is 9.17. The highest BCUT2D eigenvalue weighted by atomic mass is 32.2. The number of hydrogen-bond donors (Lipinski definition) is 0. The van der Waals surface area contributed by atoms with Crippen LogP contribution in [0.4, 0.5) is 11.4 Å². The van der Waals surface area contributed by atoms with E-state index in [1.807, 2.05) is 34.9 Å². The molecule has 0 atom stereocenters. The maximum Gasteiger partial charge on any atom is 0.271 e. The van der Waals surface area contributed by atoms with Crippen molar-refractivity contribution in [2.75, 3.05) is 35.2 Å². The Balaban J connectivity index is 0.00000115. The lowest BCUT2D eigenvalue weighted by atomic mass is 9.45. The van der Waals surface area contributed by atoms with Gasteiger partial charge in [0, 0.05) is 47.4 Å². The lowest BCUT2D eigenvalue weighted by Crippen LogP contribution is -2.36. The summed E-state index contributed by atoms with van der Waals surface area (Å²) in [7, 11) is 0. The zero-order valence-electron chi connectivity index (χ0n) is 22.5. The number of fused-ring (bicyclic) bond motifs is 1. The first-order valence-corrected chi connectivity index (χ1v) is 14.9. The second kappa shape index (κ2) is 15.0. The average Bonchev–Trinajstić information content (AvgIpc) is 3.34. The van der Waals surface area contributed by atoms with Crippen molar-refractivity contribution in [1.29, 1.82) is 5.26 Å². The molecule has 0 saturated carbocycles. The quantitative estimate of drug-likeness (QED) is 0.199. The molecule has 0 aromatic heterocycles. The third kappa shape index (κ3) is 7.81. The second-order valence-electron chi connectivity index (χ2n) is 9.91. The summed E-state index contributed by atoms with van der Waals surface area (Å²) in [4.78, 5) is 18.9. The average molecular weight is 504 g/mol. The summed E-state index contributed by atoms with van der Waals surface area (Å²) in [6.07, 6.45) is 10.5. The molecule has 4 nitrogen and oxygen atoms in total. The van der Waals surface area contributed by atoms with Crippen molar-refractivity contribution in [3.8, 4) is 5.97 Å². The fraction of sp³-hybridized carbons (Fsp3) is 0.533. The molecule has 2 aliphatic heterocycles. The van der Waals surface area contributed by atoms with E-state index in [9.17, 15) is 4.79 Å². The number of hydrogen-bond acceptors (Lipinski definition) is 4. The molecule has 0 radical (unpaired) electrons. The lowest BCUT2D eigenvalue weighted by molar-refractivity contribution is 0.0989. The molecule has 1 saturated heterocycles. The van der Waals surface area contributed by atoms with E-state index in [2.05, 4.69) is 55.9 Å². The van der Waals surface area contributed by atoms with Gasteiger partial charge in [0.25, 0.3) is 12.6 Å². The van der Waals surface area contributed by atoms with Crippen LogP contribution in [-0.2, 0) is 6.42 Å². The van der Waals surface area contributed by atoms with E-state index in [1.165, 1.54) is 54.7 Å². The van der Waals surface area contributed by atoms with Gasteiger partial charge >= 0.3 is 0 Å². The van der Waals surface area contributed by atoms with Gasteiger partial charge in [0.2, 0.25) is 0 Å². The maximum absolute atomic E-state index is 13.4. The van der Waals surface area contributed by atoms with Gasteiger partial charge in [-0.3, -0.25) is 4.79 Å². The van der Waals surface area contributed by atoms with Gasteiger partial charge in [-0.15, -0.1) is 11.8 Å². The van der Waals surface area contributed by atoms with Crippen molar-refractivity contribution < 1.29 is 4.79 Å². The number of amides is 1. The van der Waals surface area contributed by atoms with Gasteiger partial charge in [0.15, 0.2) is 0 Å². The molecule has 2 heterocycles. The second-order valence-corrected chi connectivity index (χ2v) is 11.1. The lowest BCUT2D eigenvalue weighted by Gasteiger charge is -2.30.